The molecule has 2 aromatic carbocycles. The molecule has 0 atom stereocenters. The van der Waals surface area contributed by atoms with E-state index in [9.17, 15) is 0 Å². The van der Waals surface area contributed by atoms with Crippen molar-refractivity contribution in [3.05, 3.63) is 70.6 Å². The highest BCUT2D eigenvalue weighted by Crippen LogP contribution is 2.32. The van der Waals surface area contributed by atoms with Crippen LogP contribution in [-0.2, 0) is 0 Å². The Kier molecular flexibility index (Phi) is 3.91. The van der Waals surface area contributed by atoms with Crippen molar-refractivity contribution in [1.29, 1.82) is 0 Å². The highest BCUT2D eigenvalue weighted by molar-refractivity contribution is 6.31. The lowest BCUT2D eigenvalue weighted by Crippen LogP contribution is -1.93. The first-order valence-corrected chi connectivity index (χ1v) is 7.23. The Morgan fingerprint density at radius 1 is 0.857 bits per heavy atom. The zero-order valence-corrected chi connectivity index (χ0v) is 12.9. The summed E-state index contributed by atoms with van der Waals surface area (Å²) >= 11 is 12.0. The molecule has 4 heteroatoms. The highest BCUT2D eigenvalue weighted by Gasteiger charge is 2.11. The first-order chi connectivity index (χ1) is 10.1. The Bertz CT molecular complexity index is 783. The van der Waals surface area contributed by atoms with E-state index < -0.39 is 0 Å². The molecule has 0 aliphatic heterocycles. The number of halogens is 2. The van der Waals surface area contributed by atoms with E-state index in [4.69, 9.17) is 23.2 Å². The van der Waals surface area contributed by atoms with Crippen molar-refractivity contribution >= 4 is 23.2 Å². The number of hydrogen-bond donors (Lipinski definition) is 0. The molecule has 0 spiro atoms. The first kappa shape index (κ1) is 14.1. The SMILES string of the molecule is Cc1cc(Cl)ccc1-c1ncncc1-c1ccc(Cl)cc1. The van der Waals surface area contributed by atoms with Gasteiger partial charge in [-0.2, -0.15) is 0 Å². The smallest absolute Gasteiger partial charge is 0.116 e. The maximum absolute atomic E-state index is 6.03. The molecule has 0 saturated heterocycles. The molecule has 0 aliphatic carbocycles. The molecule has 1 aromatic heterocycles. The summed E-state index contributed by atoms with van der Waals surface area (Å²) in [5.74, 6) is 0. The standard InChI is InChI=1S/C17H12Cl2N2/c1-11-8-14(19)6-7-15(11)17-16(9-20-10-21-17)12-2-4-13(18)5-3-12/h2-10H,1H3. The van der Waals surface area contributed by atoms with Gasteiger partial charge in [-0.15, -0.1) is 0 Å². The molecule has 0 radical (unpaired) electrons. The lowest BCUT2D eigenvalue weighted by molar-refractivity contribution is 1.17. The summed E-state index contributed by atoms with van der Waals surface area (Å²) in [5.41, 5.74) is 5.02. The molecule has 0 saturated carbocycles. The van der Waals surface area contributed by atoms with Crippen molar-refractivity contribution < 1.29 is 0 Å². The van der Waals surface area contributed by atoms with Crippen LogP contribution in [0.15, 0.2) is 55.0 Å². The van der Waals surface area contributed by atoms with E-state index in [1.54, 1.807) is 6.33 Å². The lowest BCUT2D eigenvalue weighted by atomic mass is 9.98. The number of nitrogens with zero attached hydrogens (tertiary/aromatic N) is 2. The van der Waals surface area contributed by atoms with Gasteiger partial charge in [0.25, 0.3) is 0 Å². The predicted molar refractivity (Wildman–Crippen MR) is 87.7 cm³/mol. The van der Waals surface area contributed by atoms with Gasteiger partial charge in [-0.05, 0) is 42.3 Å². The zero-order valence-electron chi connectivity index (χ0n) is 11.3. The Balaban J connectivity index is 2.18. The van der Waals surface area contributed by atoms with Crippen LogP contribution in [0, 0.1) is 6.92 Å². The topological polar surface area (TPSA) is 25.8 Å². The quantitative estimate of drug-likeness (QED) is 0.630. The van der Waals surface area contributed by atoms with Crippen LogP contribution in [-0.4, -0.2) is 9.97 Å². The summed E-state index contributed by atoms with van der Waals surface area (Å²) in [6.45, 7) is 2.02. The number of aromatic nitrogens is 2. The van der Waals surface area contributed by atoms with Gasteiger partial charge in [0.1, 0.15) is 6.33 Å². The molecule has 21 heavy (non-hydrogen) atoms. The zero-order chi connectivity index (χ0) is 14.8. The van der Waals surface area contributed by atoms with Crippen molar-refractivity contribution in [2.75, 3.05) is 0 Å². The number of benzene rings is 2. The molecule has 0 N–H and O–H groups in total. The molecule has 0 amide bonds. The van der Waals surface area contributed by atoms with Crippen LogP contribution in [0.4, 0.5) is 0 Å². The number of aryl methyl sites for hydroxylation is 1. The average molecular weight is 315 g/mol. The molecule has 0 unspecified atom stereocenters. The van der Waals surface area contributed by atoms with E-state index >= 15 is 0 Å². The number of rotatable bonds is 2. The molecule has 0 fully saturated rings. The average Bonchev–Trinajstić information content (AvgIpc) is 2.48. The molecule has 1 heterocycles. The Morgan fingerprint density at radius 3 is 2.29 bits per heavy atom. The van der Waals surface area contributed by atoms with E-state index in [1.807, 2.05) is 55.6 Å². The minimum atomic E-state index is 0.708. The molecular formula is C17H12Cl2N2. The highest BCUT2D eigenvalue weighted by atomic mass is 35.5. The van der Waals surface area contributed by atoms with Crippen LogP contribution in [0.5, 0.6) is 0 Å². The van der Waals surface area contributed by atoms with Gasteiger partial charge in [-0.3, -0.25) is 0 Å². The molecule has 0 bridgehead atoms. The van der Waals surface area contributed by atoms with Crippen molar-refractivity contribution in [3.8, 4) is 22.4 Å². The summed E-state index contributed by atoms with van der Waals surface area (Å²) in [6.07, 6.45) is 3.38. The second kappa shape index (κ2) is 5.84. The third-order valence-electron chi connectivity index (χ3n) is 3.31. The van der Waals surface area contributed by atoms with E-state index in [0.29, 0.717) is 5.02 Å². The summed E-state index contributed by atoms with van der Waals surface area (Å²) in [6, 6.07) is 13.5. The monoisotopic (exact) mass is 314 g/mol. The largest absolute Gasteiger partial charge is 0.244 e. The minimum absolute atomic E-state index is 0.708. The summed E-state index contributed by atoms with van der Waals surface area (Å²) in [5, 5.41) is 1.43. The second-order valence-corrected chi connectivity index (χ2v) is 5.62. The molecular weight excluding hydrogens is 303 g/mol. The Morgan fingerprint density at radius 2 is 1.57 bits per heavy atom. The summed E-state index contributed by atoms with van der Waals surface area (Å²) < 4.78 is 0. The van der Waals surface area contributed by atoms with Gasteiger partial charge < -0.3 is 0 Å². The molecule has 2 nitrogen and oxygen atoms in total. The minimum Gasteiger partial charge on any atom is -0.244 e. The fourth-order valence-electron chi connectivity index (χ4n) is 2.28. The normalized spacial score (nSPS) is 10.6. The van der Waals surface area contributed by atoms with Crippen LogP contribution in [0.2, 0.25) is 10.0 Å². The summed E-state index contributed by atoms with van der Waals surface area (Å²) in [7, 11) is 0. The van der Waals surface area contributed by atoms with E-state index in [-0.39, 0.29) is 0 Å². The second-order valence-electron chi connectivity index (χ2n) is 4.75. The Hall–Kier alpha value is -1.90. The van der Waals surface area contributed by atoms with Crippen LogP contribution in [0.1, 0.15) is 5.56 Å². The molecule has 3 rings (SSSR count). The third kappa shape index (κ3) is 2.92. The first-order valence-electron chi connectivity index (χ1n) is 6.47. The van der Waals surface area contributed by atoms with Crippen molar-refractivity contribution in [3.63, 3.8) is 0 Å². The van der Waals surface area contributed by atoms with Crippen molar-refractivity contribution in [2.45, 2.75) is 6.92 Å². The maximum Gasteiger partial charge on any atom is 0.116 e. The van der Waals surface area contributed by atoms with Gasteiger partial charge in [0.2, 0.25) is 0 Å². The van der Waals surface area contributed by atoms with Crippen LogP contribution < -0.4 is 0 Å². The summed E-state index contributed by atoms with van der Waals surface area (Å²) in [4.78, 5) is 8.60. The van der Waals surface area contributed by atoms with E-state index in [1.165, 1.54) is 0 Å². The molecule has 104 valence electrons. The Labute approximate surface area is 133 Å². The predicted octanol–water partition coefficient (Wildman–Crippen LogP) is 5.43. The van der Waals surface area contributed by atoms with Crippen molar-refractivity contribution in [1.82, 2.24) is 9.97 Å². The lowest BCUT2D eigenvalue weighted by Gasteiger charge is -2.11. The fraction of sp³-hybridized carbons (Fsp3) is 0.0588. The van der Waals surface area contributed by atoms with Gasteiger partial charge in [0.15, 0.2) is 0 Å². The van der Waals surface area contributed by atoms with E-state index in [0.717, 1.165) is 33.0 Å². The molecule has 3 aromatic rings. The fourth-order valence-corrected chi connectivity index (χ4v) is 2.63. The molecule has 0 aliphatic rings. The van der Waals surface area contributed by atoms with Crippen molar-refractivity contribution in [2.24, 2.45) is 0 Å². The van der Waals surface area contributed by atoms with Crippen LogP contribution in [0.3, 0.4) is 0 Å². The van der Waals surface area contributed by atoms with Gasteiger partial charge >= 0.3 is 0 Å². The maximum atomic E-state index is 6.03. The van der Waals surface area contributed by atoms with Gasteiger partial charge in [-0.25, -0.2) is 9.97 Å². The van der Waals surface area contributed by atoms with Gasteiger partial charge in [0.05, 0.1) is 5.69 Å². The van der Waals surface area contributed by atoms with Crippen LogP contribution in [0.25, 0.3) is 22.4 Å². The van der Waals surface area contributed by atoms with Gasteiger partial charge in [0, 0.05) is 27.4 Å². The third-order valence-corrected chi connectivity index (χ3v) is 3.80. The van der Waals surface area contributed by atoms with E-state index in [2.05, 4.69) is 9.97 Å². The van der Waals surface area contributed by atoms with Crippen LogP contribution >= 0.6 is 23.2 Å². The van der Waals surface area contributed by atoms with Gasteiger partial charge in [-0.1, -0.05) is 41.4 Å². The number of hydrogen-bond acceptors (Lipinski definition) is 2.